The van der Waals surface area contributed by atoms with Gasteiger partial charge in [-0.05, 0) is 30.5 Å². The van der Waals surface area contributed by atoms with Gasteiger partial charge in [0.15, 0.2) is 0 Å². The third kappa shape index (κ3) is 1.41. The van der Waals surface area contributed by atoms with E-state index in [2.05, 4.69) is 41.9 Å². The molecule has 0 N–H and O–H groups in total. The molecule has 1 saturated heterocycles. The van der Waals surface area contributed by atoms with Gasteiger partial charge in [-0.2, -0.15) is 0 Å². The van der Waals surface area contributed by atoms with Crippen molar-refractivity contribution in [3.8, 4) is 0 Å². The molecule has 1 heterocycles. The molecule has 1 aliphatic heterocycles. The van der Waals surface area contributed by atoms with Crippen LogP contribution in [0.15, 0.2) is 16.6 Å². The highest BCUT2D eigenvalue weighted by molar-refractivity contribution is 9.10. The number of hydrogen-bond donors (Lipinski definition) is 0. The summed E-state index contributed by atoms with van der Waals surface area (Å²) in [6.07, 6.45) is 0.371. The van der Waals surface area contributed by atoms with Gasteiger partial charge in [0.05, 0.1) is 6.61 Å². The van der Waals surface area contributed by atoms with Crippen LogP contribution in [0.25, 0.3) is 0 Å². The molecule has 0 bridgehead atoms. The number of epoxide rings is 1. The summed E-state index contributed by atoms with van der Waals surface area (Å²) in [4.78, 5) is 0. The normalized spacial score (nSPS) is 21.1. The molecule has 0 saturated carbocycles. The van der Waals surface area contributed by atoms with Crippen LogP contribution in [-0.2, 0) is 4.74 Å². The molecule has 1 aliphatic rings. The summed E-state index contributed by atoms with van der Waals surface area (Å²) in [6.45, 7) is 5.12. The van der Waals surface area contributed by atoms with Crippen molar-refractivity contribution in [3.63, 3.8) is 0 Å². The van der Waals surface area contributed by atoms with Crippen molar-refractivity contribution in [1.82, 2.24) is 0 Å². The Morgan fingerprint density at radius 3 is 2.25 bits per heavy atom. The molecule has 1 aromatic carbocycles. The molecule has 0 amide bonds. The second-order valence-corrected chi connectivity index (χ2v) is 4.08. The lowest BCUT2D eigenvalue weighted by atomic mass is 10.1. The zero-order chi connectivity index (χ0) is 8.72. The van der Waals surface area contributed by atoms with Crippen molar-refractivity contribution in [3.05, 3.63) is 33.3 Å². The largest absolute Gasteiger partial charge is 0.368 e. The van der Waals surface area contributed by atoms with Gasteiger partial charge in [-0.15, -0.1) is 0 Å². The van der Waals surface area contributed by atoms with Gasteiger partial charge in [-0.3, -0.25) is 0 Å². The average Bonchev–Trinajstić information content (AvgIpc) is 2.81. The van der Waals surface area contributed by atoms with E-state index in [1.54, 1.807) is 0 Å². The molecule has 1 aromatic rings. The lowest BCUT2D eigenvalue weighted by Gasteiger charge is -2.05. The maximum absolute atomic E-state index is 5.23. The van der Waals surface area contributed by atoms with E-state index in [-0.39, 0.29) is 0 Å². The molecular weight excluding hydrogens is 216 g/mol. The summed E-state index contributed by atoms with van der Waals surface area (Å²) in [6, 6.07) is 4.38. The Kier molecular flexibility index (Phi) is 1.97. The fourth-order valence-corrected chi connectivity index (χ4v) is 1.63. The van der Waals surface area contributed by atoms with Gasteiger partial charge in [-0.1, -0.05) is 28.1 Å². The molecule has 1 atom stereocenters. The fraction of sp³-hybridized carbons (Fsp3) is 0.400. The second-order valence-electron chi connectivity index (χ2n) is 3.29. The number of hydrogen-bond acceptors (Lipinski definition) is 1. The minimum atomic E-state index is 0.371. The van der Waals surface area contributed by atoms with E-state index < -0.39 is 0 Å². The standard InChI is InChI=1S/C10H11BrO/c1-6-3-8(9-5-12-9)4-7(2)10(6)11/h3-4,9H,5H2,1-2H3/t9-/m0/s1. The SMILES string of the molecule is Cc1cc([C@@H]2CO2)cc(C)c1Br. The number of ether oxygens (including phenoxy) is 1. The summed E-state index contributed by atoms with van der Waals surface area (Å²) < 4.78 is 6.44. The smallest absolute Gasteiger partial charge is 0.106 e. The van der Waals surface area contributed by atoms with E-state index in [0.29, 0.717) is 6.10 Å². The summed E-state index contributed by atoms with van der Waals surface area (Å²) in [7, 11) is 0. The van der Waals surface area contributed by atoms with E-state index in [0.717, 1.165) is 6.61 Å². The summed E-state index contributed by atoms with van der Waals surface area (Å²) >= 11 is 3.54. The van der Waals surface area contributed by atoms with Crippen molar-refractivity contribution in [1.29, 1.82) is 0 Å². The Bertz CT molecular complexity index is 293. The second kappa shape index (κ2) is 2.86. The van der Waals surface area contributed by atoms with E-state index in [4.69, 9.17) is 4.74 Å². The summed E-state index contributed by atoms with van der Waals surface area (Å²) in [5.74, 6) is 0. The highest BCUT2D eigenvalue weighted by Crippen LogP contribution is 2.33. The summed E-state index contributed by atoms with van der Waals surface area (Å²) in [5.41, 5.74) is 3.90. The predicted molar refractivity (Wildman–Crippen MR) is 52.3 cm³/mol. The van der Waals surface area contributed by atoms with Crippen molar-refractivity contribution in [2.24, 2.45) is 0 Å². The van der Waals surface area contributed by atoms with Crippen molar-refractivity contribution in [2.45, 2.75) is 20.0 Å². The molecule has 1 fully saturated rings. The maximum Gasteiger partial charge on any atom is 0.106 e. The monoisotopic (exact) mass is 226 g/mol. The number of benzene rings is 1. The zero-order valence-electron chi connectivity index (χ0n) is 7.23. The fourth-order valence-electron chi connectivity index (χ4n) is 1.41. The quantitative estimate of drug-likeness (QED) is 0.671. The van der Waals surface area contributed by atoms with Crippen molar-refractivity contribution < 1.29 is 4.74 Å². The molecule has 0 spiro atoms. The van der Waals surface area contributed by atoms with Gasteiger partial charge in [0.25, 0.3) is 0 Å². The Balaban J connectivity index is 2.45. The molecule has 0 aromatic heterocycles. The van der Waals surface area contributed by atoms with Crippen LogP contribution in [0, 0.1) is 13.8 Å². The van der Waals surface area contributed by atoms with Crippen molar-refractivity contribution in [2.75, 3.05) is 6.61 Å². The molecule has 0 unspecified atom stereocenters. The van der Waals surface area contributed by atoms with Gasteiger partial charge in [-0.25, -0.2) is 0 Å². The molecule has 0 aliphatic carbocycles. The van der Waals surface area contributed by atoms with E-state index >= 15 is 0 Å². The molecular formula is C10H11BrO. The van der Waals surface area contributed by atoms with Gasteiger partial charge in [0.2, 0.25) is 0 Å². The third-order valence-corrected chi connectivity index (χ3v) is 3.41. The Morgan fingerprint density at radius 2 is 1.83 bits per heavy atom. The predicted octanol–water partition coefficient (Wildman–Crippen LogP) is 3.14. The van der Waals surface area contributed by atoms with Gasteiger partial charge in [0.1, 0.15) is 6.10 Å². The van der Waals surface area contributed by atoms with Gasteiger partial charge >= 0.3 is 0 Å². The first-order valence-corrected chi connectivity index (χ1v) is 4.86. The first kappa shape index (κ1) is 8.27. The van der Waals surface area contributed by atoms with E-state index in [1.807, 2.05) is 0 Å². The molecule has 64 valence electrons. The van der Waals surface area contributed by atoms with E-state index in [9.17, 15) is 0 Å². The number of halogens is 1. The van der Waals surface area contributed by atoms with Crippen molar-refractivity contribution >= 4 is 15.9 Å². The van der Waals surface area contributed by atoms with Crippen LogP contribution in [0.3, 0.4) is 0 Å². The molecule has 2 rings (SSSR count). The van der Waals surface area contributed by atoms with Gasteiger partial charge < -0.3 is 4.74 Å². The molecule has 12 heavy (non-hydrogen) atoms. The topological polar surface area (TPSA) is 12.5 Å². The molecule has 1 nitrogen and oxygen atoms in total. The minimum absolute atomic E-state index is 0.371. The number of aryl methyl sites for hydroxylation is 2. The lowest BCUT2D eigenvalue weighted by molar-refractivity contribution is 0.415. The highest BCUT2D eigenvalue weighted by atomic mass is 79.9. The van der Waals surface area contributed by atoms with Crippen LogP contribution in [0.4, 0.5) is 0 Å². The number of rotatable bonds is 1. The Morgan fingerprint density at radius 1 is 1.33 bits per heavy atom. The van der Waals surface area contributed by atoms with Gasteiger partial charge in [0, 0.05) is 4.47 Å². The maximum atomic E-state index is 5.23. The Labute approximate surface area is 80.9 Å². The average molecular weight is 227 g/mol. The zero-order valence-corrected chi connectivity index (χ0v) is 8.81. The molecule has 2 heteroatoms. The van der Waals surface area contributed by atoms with Crippen LogP contribution in [0.2, 0.25) is 0 Å². The molecule has 0 radical (unpaired) electrons. The van der Waals surface area contributed by atoms with Crippen LogP contribution >= 0.6 is 15.9 Å². The van der Waals surface area contributed by atoms with Crippen LogP contribution in [-0.4, -0.2) is 6.61 Å². The third-order valence-electron chi connectivity index (χ3n) is 2.16. The lowest BCUT2D eigenvalue weighted by Crippen LogP contribution is -1.87. The first-order chi connectivity index (χ1) is 5.68. The van der Waals surface area contributed by atoms with Crippen LogP contribution in [0.1, 0.15) is 22.8 Å². The minimum Gasteiger partial charge on any atom is -0.368 e. The summed E-state index contributed by atoms with van der Waals surface area (Å²) in [5, 5.41) is 0. The highest BCUT2D eigenvalue weighted by Gasteiger charge is 2.25. The van der Waals surface area contributed by atoms with Crippen LogP contribution < -0.4 is 0 Å². The Hall–Kier alpha value is -0.340. The first-order valence-electron chi connectivity index (χ1n) is 4.06. The van der Waals surface area contributed by atoms with E-state index in [1.165, 1.54) is 21.2 Å². The van der Waals surface area contributed by atoms with Crippen LogP contribution in [0.5, 0.6) is 0 Å².